The van der Waals surface area contributed by atoms with Crippen molar-refractivity contribution in [2.24, 2.45) is 0 Å². The van der Waals surface area contributed by atoms with Crippen LogP contribution in [0.3, 0.4) is 0 Å². The minimum Gasteiger partial charge on any atom is -0.394 e. The zero-order chi connectivity index (χ0) is 104. The summed E-state index contributed by atoms with van der Waals surface area (Å²) in [5, 5.41) is 111. The molecule has 0 radical (unpaired) electrons. The van der Waals surface area contributed by atoms with Gasteiger partial charge < -0.3 is 169 Å². The Morgan fingerprint density at radius 2 is 0.678 bits per heavy atom. The van der Waals surface area contributed by atoms with Gasteiger partial charge >= 0.3 is 0 Å². The minimum absolute atomic E-state index is 0.0312. The van der Waals surface area contributed by atoms with Crippen LogP contribution in [0.4, 0.5) is 0 Å². The van der Waals surface area contributed by atoms with Crippen LogP contribution < -0.4 is 37.2 Å². The number of nitrogens with zero attached hydrogens (tertiary/aromatic N) is 1. The standard InChI is InChI=1S/C102H184N8O33/c1-7-9-11-13-15-17-19-21-23-25-27-29-31-33-35-39-46-102(47-40-36-34-32-30-28-26-24-22-20-18-16-14-12-10-8-2)139-74-81(143-102)70-110(6)51-41-37-38-42-88(120)109-101(75-133-52-43-85(117)103-48-55-127-58-61-130-64-67-136-98-89(106-78(3)114)95(124)92(121)82(71-111)140-98,76-134-53-44-86(118)104-49-56-128-59-62-131-65-68-137-99-90(107-79(4)115)96(125)93(122)83(72-112)141-99)77-135-54-45-87(119)105-50-57-129-60-63-132-66-69-138-100-91(108-80(5)116)97(126)94(123)84(73-113)142-100/h15-18,21-24,81-84,89-100,111-113,121-126H,7-14,19-20,25-77H2,1-6H3,(H,103,117)(H,104,118)(H,105,119)(H,106,114)(H,107,115)(H,108,116)(H,109,120)/b17-15-,18-16-,23-21-,24-22-/t81-,82?,83?,84?,89?,90?,91?,92-,93-,94-,95?,96?,97?,98+,99+,100+,101?/m0/s1. The predicted octanol–water partition coefficient (Wildman–Crippen LogP) is 4.40. The number of hydrogen-bond acceptors (Lipinski definition) is 34. The Balaban J connectivity index is 1.37. The van der Waals surface area contributed by atoms with Gasteiger partial charge in [-0.05, 0) is 103 Å². The molecule has 4 heterocycles. The molecule has 16 N–H and O–H groups in total. The summed E-state index contributed by atoms with van der Waals surface area (Å²) in [6.45, 7) is 9.12. The van der Waals surface area contributed by atoms with Gasteiger partial charge in [0.05, 0.1) is 171 Å². The number of allylic oxidation sites excluding steroid dienone is 8. The lowest BCUT2D eigenvalue weighted by Crippen LogP contribution is -2.64. The van der Waals surface area contributed by atoms with Crippen LogP contribution in [0.25, 0.3) is 0 Å². The highest BCUT2D eigenvalue weighted by Crippen LogP contribution is 2.36. The van der Waals surface area contributed by atoms with Crippen LogP contribution in [0.1, 0.15) is 247 Å². The number of aliphatic hydroxyl groups excluding tert-OH is 9. The Morgan fingerprint density at radius 1 is 0.364 bits per heavy atom. The molecule has 4 aliphatic heterocycles. The van der Waals surface area contributed by atoms with Gasteiger partial charge in [-0.15, -0.1) is 0 Å². The molecule has 4 aliphatic rings. The van der Waals surface area contributed by atoms with Gasteiger partial charge in [0, 0.05) is 85.5 Å². The number of unbranched alkanes of at least 4 members (excludes halogenated alkanes) is 20. The number of aliphatic hydroxyl groups is 9. The van der Waals surface area contributed by atoms with Crippen LogP contribution in [-0.2, 0) is 114 Å². The Bertz CT molecular complexity index is 3120. The fourth-order valence-corrected chi connectivity index (χ4v) is 16.6. The summed E-state index contributed by atoms with van der Waals surface area (Å²) in [5.74, 6) is -3.51. The maximum Gasteiger partial charge on any atom is 0.222 e. The summed E-state index contributed by atoms with van der Waals surface area (Å²) in [7, 11) is 2.09. The number of ether oxygens (including phenoxy) is 17. The van der Waals surface area contributed by atoms with E-state index in [0.29, 0.717) is 26.0 Å². The normalized spacial score (nSPS) is 23.4. The number of amides is 7. The molecule has 41 heteroatoms. The summed E-state index contributed by atoms with van der Waals surface area (Å²) in [4.78, 5) is 91.9. The molecule has 0 aromatic rings. The first-order valence-electron chi connectivity index (χ1n) is 52.8. The number of nitrogens with one attached hydrogen (secondary N) is 7. The summed E-state index contributed by atoms with van der Waals surface area (Å²) in [5.41, 5.74) is -1.42. The molecule has 0 bridgehead atoms. The fourth-order valence-electron chi connectivity index (χ4n) is 16.6. The maximum atomic E-state index is 14.4. The Hall–Kier alpha value is -5.83. The van der Waals surface area contributed by atoms with E-state index in [0.717, 1.165) is 77.2 Å². The highest BCUT2D eigenvalue weighted by Gasteiger charge is 2.49. The van der Waals surface area contributed by atoms with Crippen molar-refractivity contribution in [1.29, 1.82) is 0 Å². The van der Waals surface area contributed by atoms with Gasteiger partial charge in [-0.2, -0.15) is 0 Å². The van der Waals surface area contributed by atoms with Crippen molar-refractivity contribution in [1.82, 2.24) is 42.1 Å². The van der Waals surface area contributed by atoms with Gasteiger partial charge in [-0.1, -0.05) is 146 Å². The van der Waals surface area contributed by atoms with Crippen LogP contribution >= 0.6 is 0 Å². The smallest absolute Gasteiger partial charge is 0.222 e. The second-order valence-corrected chi connectivity index (χ2v) is 37.1. The minimum atomic E-state index is -1.46. The van der Waals surface area contributed by atoms with E-state index in [1.54, 1.807) is 0 Å². The third-order valence-electron chi connectivity index (χ3n) is 24.5. The molecule has 4 rings (SSSR count). The average Bonchev–Trinajstić information content (AvgIpc) is 1.38. The van der Waals surface area contributed by atoms with E-state index in [4.69, 9.17) is 80.5 Å². The van der Waals surface area contributed by atoms with E-state index in [-0.39, 0.29) is 214 Å². The molecule has 830 valence electrons. The fraction of sp³-hybridized carbons (Fsp3) is 0.853. The van der Waals surface area contributed by atoms with Crippen LogP contribution in [-0.4, -0.2) is 407 Å². The SMILES string of the molecule is CCCCC/C=C\C/C=C\CCCCCCCCC1(CCCCCCCC/C=C\C/C=C\CCCCC)OC[C@H](CN(C)CCCCCC(=O)NC(COCCC(=O)NCCOCCOCCO[C@@H]2OC(CO)[C@H](O)C(O)C2NC(C)=O)(COCCC(=O)NCCOCCOCCO[C@@H]2OC(CO)[C@H](O)C(O)C2NC(C)=O)COCCC(=O)NCCOCCOCCO[C@@H]2OC(CO)[C@H](O)C(O)C2NC(C)=O)O1. The molecule has 16 atom stereocenters. The monoisotopic (exact) mass is 2050 g/mol. The first-order chi connectivity index (χ1) is 69.3. The van der Waals surface area contributed by atoms with Crippen molar-refractivity contribution in [2.75, 3.05) is 205 Å². The number of hydrogen-bond donors (Lipinski definition) is 16. The topological polar surface area (TPSA) is 546 Å². The number of carbonyl (C=O) groups excluding carboxylic acids is 7. The molecule has 143 heavy (non-hydrogen) atoms. The second kappa shape index (κ2) is 83.0. The molecule has 0 aromatic carbocycles. The van der Waals surface area contributed by atoms with Gasteiger partial charge in [0.25, 0.3) is 0 Å². The molecule has 0 aromatic heterocycles. The van der Waals surface area contributed by atoms with Crippen LogP contribution in [0.5, 0.6) is 0 Å². The molecule has 0 aliphatic carbocycles. The molecule has 4 saturated heterocycles. The number of rotatable bonds is 90. The Labute approximate surface area is 849 Å². The van der Waals surface area contributed by atoms with Crippen molar-refractivity contribution in [3.8, 4) is 0 Å². The molecular formula is C102H184N8O33. The zero-order valence-corrected chi connectivity index (χ0v) is 86.7. The van der Waals surface area contributed by atoms with Crippen LogP contribution in [0.2, 0.25) is 0 Å². The molecular weight excluding hydrogens is 1870 g/mol. The third kappa shape index (κ3) is 60.6. The first kappa shape index (κ1) is 129. The molecule has 0 spiro atoms. The third-order valence-corrected chi connectivity index (χ3v) is 24.5. The zero-order valence-electron chi connectivity index (χ0n) is 86.7. The number of likely N-dealkylation sites (N-methyl/N-ethyl adjacent to an activating group) is 1. The highest BCUT2D eigenvalue weighted by atomic mass is 16.7. The molecule has 4 fully saturated rings. The predicted molar refractivity (Wildman–Crippen MR) is 533 cm³/mol. The molecule has 41 nitrogen and oxygen atoms in total. The van der Waals surface area contributed by atoms with Gasteiger partial charge in [0.1, 0.15) is 78.6 Å². The summed E-state index contributed by atoms with van der Waals surface area (Å²) in [6, 6.07) is -3.31. The summed E-state index contributed by atoms with van der Waals surface area (Å²) >= 11 is 0. The largest absolute Gasteiger partial charge is 0.394 e. The van der Waals surface area contributed by atoms with Crippen molar-refractivity contribution >= 4 is 41.4 Å². The van der Waals surface area contributed by atoms with Gasteiger partial charge in [-0.3, -0.25) is 33.6 Å². The van der Waals surface area contributed by atoms with Crippen molar-refractivity contribution < 1.29 is 160 Å². The molecule has 9 unspecified atom stereocenters. The number of carbonyl (C=O) groups is 7. The van der Waals surface area contributed by atoms with Gasteiger partial charge in [-0.25, -0.2) is 0 Å². The van der Waals surface area contributed by atoms with Crippen molar-refractivity contribution in [3.63, 3.8) is 0 Å². The maximum absolute atomic E-state index is 14.4. The lowest BCUT2D eigenvalue weighted by Gasteiger charge is -2.42. The van der Waals surface area contributed by atoms with Crippen molar-refractivity contribution in [2.45, 2.75) is 356 Å². The van der Waals surface area contributed by atoms with Crippen molar-refractivity contribution in [3.05, 3.63) is 48.6 Å². The van der Waals surface area contributed by atoms with Crippen LogP contribution in [0.15, 0.2) is 48.6 Å². The van der Waals surface area contributed by atoms with Gasteiger partial charge in [0.2, 0.25) is 41.4 Å². The Morgan fingerprint density at radius 3 is 1.01 bits per heavy atom. The highest BCUT2D eigenvalue weighted by molar-refractivity contribution is 5.78. The van der Waals surface area contributed by atoms with E-state index in [9.17, 15) is 79.5 Å². The average molecular weight is 2050 g/mol. The van der Waals surface area contributed by atoms with Gasteiger partial charge in [0.15, 0.2) is 24.7 Å². The Kier molecular flexibility index (Phi) is 75.1. The van der Waals surface area contributed by atoms with E-state index >= 15 is 0 Å². The van der Waals surface area contributed by atoms with Crippen LogP contribution in [0, 0.1) is 0 Å². The second-order valence-electron chi connectivity index (χ2n) is 37.1. The summed E-state index contributed by atoms with van der Waals surface area (Å²) < 4.78 is 100.0. The quantitative estimate of drug-likeness (QED) is 0.0296. The van der Waals surface area contributed by atoms with E-state index in [1.807, 2.05) is 0 Å². The van der Waals surface area contributed by atoms with E-state index < -0.39 is 141 Å². The lowest BCUT2D eigenvalue weighted by atomic mass is 9.97. The van der Waals surface area contributed by atoms with E-state index in [2.05, 4.69) is 112 Å². The van der Waals surface area contributed by atoms with E-state index in [1.165, 1.54) is 124 Å². The summed E-state index contributed by atoms with van der Waals surface area (Å²) in [6.07, 6.45) is 34.5. The molecule has 7 amide bonds. The lowest BCUT2D eigenvalue weighted by molar-refractivity contribution is -0.272. The molecule has 0 saturated carbocycles. The first-order valence-corrected chi connectivity index (χ1v) is 52.8.